The van der Waals surface area contributed by atoms with E-state index in [9.17, 15) is 18.3 Å². The number of hydrogen-bond acceptors (Lipinski definition) is 4. The van der Waals surface area contributed by atoms with Crippen LogP contribution >= 0.6 is 11.6 Å². The second kappa shape index (κ2) is 10.5. The third kappa shape index (κ3) is 6.47. The zero-order valence-corrected chi connectivity index (χ0v) is 20.4. The molecule has 0 aromatic heterocycles. The van der Waals surface area contributed by atoms with Gasteiger partial charge < -0.3 is 10.0 Å². The number of halogens is 1. The van der Waals surface area contributed by atoms with Gasteiger partial charge in [-0.25, -0.2) is 8.42 Å². The third-order valence-electron chi connectivity index (χ3n) is 5.69. The van der Waals surface area contributed by atoms with E-state index in [-0.39, 0.29) is 15.8 Å². The number of piperidine rings is 1. The molecule has 0 saturated carbocycles. The molecule has 0 unspecified atom stereocenters. The summed E-state index contributed by atoms with van der Waals surface area (Å²) in [6, 6.07) is 16.1. The molecular formula is C25H29ClN2O4S. The first kappa shape index (κ1) is 25.0. The summed E-state index contributed by atoms with van der Waals surface area (Å²) in [5.41, 5.74) is 1.06. The summed E-state index contributed by atoms with van der Waals surface area (Å²) < 4.78 is 27.7. The van der Waals surface area contributed by atoms with E-state index in [2.05, 4.69) is 4.72 Å². The van der Waals surface area contributed by atoms with Crippen molar-refractivity contribution in [3.05, 3.63) is 87.8 Å². The number of allylic oxidation sites excluding steroid dienone is 3. The predicted molar refractivity (Wildman–Crippen MR) is 133 cm³/mol. The van der Waals surface area contributed by atoms with Crippen molar-refractivity contribution in [2.75, 3.05) is 17.8 Å². The molecule has 0 bridgehead atoms. The van der Waals surface area contributed by atoms with E-state index < -0.39 is 15.6 Å². The lowest BCUT2D eigenvalue weighted by molar-refractivity contribution is -0.0162. The van der Waals surface area contributed by atoms with Gasteiger partial charge in [-0.05, 0) is 62.6 Å². The Morgan fingerprint density at radius 3 is 2.27 bits per heavy atom. The van der Waals surface area contributed by atoms with Crippen molar-refractivity contribution >= 4 is 33.2 Å². The van der Waals surface area contributed by atoms with Gasteiger partial charge in [0.15, 0.2) is 0 Å². The Morgan fingerprint density at radius 1 is 1.12 bits per heavy atom. The zero-order chi connectivity index (χ0) is 24.1. The summed E-state index contributed by atoms with van der Waals surface area (Å²) >= 11 is 5.93. The van der Waals surface area contributed by atoms with E-state index in [1.54, 1.807) is 42.2 Å². The molecule has 6 nitrogen and oxygen atoms in total. The largest absolute Gasteiger partial charge is 0.389 e. The minimum Gasteiger partial charge on any atom is -0.389 e. The van der Waals surface area contributed by atoms with Crippen molar-refractivity contribution in [3.8, 4) is 0 Å². The van der Waals surface area contributed by atoms with Crippen molar-refractivity contribution in [3.63, 3.8) is 0 Å². The Kier molecular flexibility index (Phi) is 8.00. The Balaban J connectivity index is 1.62. The molecule has 176 valence electrons. The Morgan fingerprint density at radius 2 is 1.73 bits per heavy atom. The predicted octanol–water partition coefficient (Wildman–Crippen LogP) is 4.68. The van der Waals surface area contributed by atoms with E-state index in [1.807, 2.05) is 30.3 Å². The molecule has 1 fully saturated rings. The fourth-order valence-electron chi connectivity index (χ4n) is 3.89. The van der Waals surface area contributed by atoms with Crippen LogP contribution in [0.15, 0.2) is 76.7 Å². The molecule has 3 rings (SSSR count). The highest BCUT2D eigenvalue weighted by Gasteiger charge is 2.34. The number of nitrogens with zero attached hydrogens (tertiary/aromatic N) is 1. The number of hydrogen-bond donors (Lipinski definition) is 2. The molecule has 1 aliphatic heterocycles. The molecule has 1 heterocycles. The minimum absolute atomic E-state index is 0.0110. The number of nitrogens with one attached hydrogen (secondary N) is 1. The Bertz CT molecular complexity index is 1130. The van der Waals surface area contributed by atoms with E-state index in [0.29, 0.717) is 43.6 Å². The lowest BCUT2D eigenvalue weighted by Crippen LogP contribution is -2.47. The number of rotatable bonds is 7. The monoisotopic (exact) mass is 488 g/mol. The average molecular weight is 489 g/mol. The van der Waals surface area contributed by atoms with Crippen molar-refractivity contribution in [1.29, 1.82) is 0 Å². The second-order valence-electron chi connectivity index (χ2n) is 8.26. The highest BCUT2D eigenvalue weighted by molar-refractivity contribution is 7.96. The number of sulfonamides is 1. The normalized spacial score (nSPS) is 17.0. The van der Waals surface area contributed by atoms with Gasteiger partial charge in [0.05, 0.1) is 5.60 Å². The van der Waals surface area contributed by atoms with Crippen molar-refractivity contribution in [2.45, 2.75) is 38.7 Å². The van der Waals surface area contributed by atoms with Crippen LogP contribution in [-0.2, 0) is 16.4 Å². The van der Waals surface area contributed by atoms with Gasteiger partial charge in [0.2, 0.25) is 0 Å². The first-order chi connectivity index (χ1) is 15.6. The van der Waals surface area contributed by atoms with Gasteiger partial charge in [-0.2, -0.15) is 0 Å². The molecule has 33 heavy (non-hydrogen) atoms. The van der Waals surface area contributed by atoms with Gasteiger partial charge in [0.25, 0.3) is 15.9 Å². The number of amides is 1. The summed E-state index contributed by atoms with van der Waals surface area (Å²) in [5, 5.41) is 11.1. The average Bonchev–Trinajstić information content (AvgIpc) is 2.78. The first-order valence-corrected chi connectivity index (χ1v) is 12.7. The SMILES string of the molecule is CC=CC(=C(C)Cl)S(=O)(=O)Nc1ccc(C(=O)N2CCC(O)(Cc3ccccc3)CC2)cc1. The van der Waals surface area contributed by atoms with Crippen LogP contribution in [0.3, 0.4) is 0 Å². The molecule has 2 aromatic rings. The summed E-state index contributed by atoms with van der Waals surface area (Å²) in [6.07, 6.45) is 4.60. The number of carbonyl (C=O) groups excluding carboxylic acids is 1. The molecule has 0 aliphatic carbocycles. The second-order valence-corrected chi connectivity index (χ2v) is 10.5. The summed E-state index contributed by atoms with van der Waals surface area (Å²) in [4.78, 5) is 14.6. The molecule has 1 aliphatic rings. The summed E-state index contributed by atoms with van der Waals surface area (Å²) in [5.74, 6) is -0.141. The molecule has 0 atom stereocenters. The fourth-order valence-corrected chi connectivity index (χ4v) is 5.50. The minimum atomic E-state index is -3.84. The zero-order valence-electron chi connectivity index (χ0n) is 18.8. The number of aliphatic hydroxyl groups is 1. The van der Waals surface area contributed by atoms with Crippen molar-refractivity contribution in [2.24, 2.45) is 0 Å². The molecule has 0 radical (unpaired) electrons. The number of anilines is 1. The van der Waals surface area contributed by atoms with Crippen LogP contribution < -0.4 is 4.72 Å². The van der Waals surface area contributed by atoms with Gasteiger partial charge in [-0.1, -0.05) is 48.0 Å². The van der Waals surface area contributed by atoms with Crippen LogP contribution in [0, 0.1) is 0 Å². The van der Waals surface area contributed by atoms with Crippen LogP contribution in [0.2, 0.25) is 0 Å². The van der Waals surface area contributed by atoms with E-state index >= 15 is 0 Å². The Hall–Kier alpha value is -2.61. The number of benzene rings is 2. The van der Waals surface area contributed by atoms with Gasteiger partial charge in [-0.3, -0.25) is 9.52 Å². The van der Waals surface area contributed by atoms with Crippen LogP contribution in [0.4, 0.5) is 5.69 Å². The molecule has 0 spiro atoms. The molecule has 2 N–H and O–H groups in total. The Labute approximate surface area is 200 Å². The van der Waals surface area contributed by atoms with Crippen molar-refractivity contribution in [1.82, 2.24) is 4.90 Å². The van der Waals surface area contributed by atoms with E-state index in [0.717, 1.165) is 5.56 Å². The third-order valence-corrected chi connectivity index (χ3v) is 7.53. The highest BCUT2D eigenvalue weighted by Crippen LogP contribution is 2.28. The smallest absolute Gasteiger partial charge is 0.263 e. The lowest BCUT2D eigenvalue weighted by atomic mass is 9.85. The molecule has 2 aromatic carbocycles. The van der Waals surface area contributed by atoms with Crippen LogP contribution in [0.5, 0.6) is 0 Å². The summed E-state index contributed by atoms with van der Waals surface area (Å²) in [7, 11) is -3.84. The van der Waals surface area contributed by atoms with Gasteiger partial charge in [-0.15, -0.1) is 0 Å². The van der Waals surface area contributed by atoms with Gasteiger partial charge in [0.1, 0.15) is 4.91 Å². The maximum atomic E-state index is 12.9. The van der Waals surface area contributed by atoms with Gasteiger partial charge >= 0.3 is 0 Å². The molecular weight excluding hydrogens is 460 g/mol. The first-order valence-electron chi connectivity index (χ1n) is 10.8. The van der Waals surface area contributed by atoms with Crippen LogP contribution in [0.1, 0.15) is 42.6 Å². The lowest BCUT2D eigenvalue weighted by Gasteiger charge is -2.38. The van der Waals surface area contributed by atoms with Crippen molar-refractivity contribution < 1.29 is 18.3 Å². The van der Waals surface area contributed by atoms with Crippen LogP contribution in [-0.4, -0.2) is 43.0 Å². The maximum Gasteiger partial charge on any atom is 0.263 e. The molecule has 8 heteroatoms. The number of carbonyl (C=O) groups is 1. The standard InChI is InChI=1S/C25H29ClN2O4S/c1-3-7-23(19(2)26)33(31,32)27-22-12-10-21(11-13-22)24(29)28-16-14-25(30,15-17-28)18-20-8-5-4-6-9-20/h3-13,27,30H,14-18H2,1-2H3. The van der Waals surface area contributed by atoms with E-state index in [4.69, 9.17) is 11.6 Å². The number of likely N-dealkylation sites (tertiary alicyclic amines) is 1. The fraction of sp³-hybridized carbons (Fsp3) is 0.320. The summed E-state index contributed by atoms with van der Waals surface area (Å²) in [6.45, 7) is 4.14. The molecule has 1 saturated heterocycles. The maximum absolute atomic E-state index is 12.9. The topological polar surface area (TPSA) is 86.7 Å². The van der Waals surface area contributed by atoms with Crippen LogP contribution in [0.25, 0.3) is 0 Å². The van der Waals surface area contributed by atoms with Gasteiger partial charge in [0, 0.05) is 35.8 Å². The molecule has 1 amide bonds. The highest BCUT2D eigenvalue weighted by atomic mass is 35.5. The quantitative estimate of drug-likeness (QED) is 0.554. The van der Waals surface area contributed by atoms with E-state index in [1.165, 1.54) is 13.0 Å².